The van der Waals surface area contributed by atoms with Crippen molar-refractivity contribution in [1.82, 2.24) is 4.98 Å². The van der Waals surface area contributed by atoms with E-state index in [-0.39, 0.29) is 11.7 Å². The van der Waals surface area contributed by atoms with E-state index < -0.39 is 0 Å². The number of amides is 1. The Kier molecular flexibility index (Phi) is 4.35. The Labute approximate surface area is 162 Å². The normalized spacial score (nSPS) is 11.0. The van der Waals surface area contributed by atoms with E-state index in [4.69, 9.17) is 4.42 Å². The average molecular weight is 372 g/mol. The molecule has 1 aromatic heterocycles. The van der Waals surface area contributed by atoms with Crippen molar-refractivity contribution in [2.24, 2.45) is 0 Å². The first kappa shape index (κ1) is 17.8. The van der Waals surface area contributed by atoms with Gasteiger partial charge in [0.2, 0.25) is 5.89 Å². The van der Waals surface area contributed by atoms with Crippen molar-refractivity contribution < 1.29 is 14.3 Å². The number of nitrogens with zero attached hydrogens (tertiary/aromatic N) is 1. The van der Waals surface area contributed by atoms with Crippen molar-refractivity contribution in [2.75, 3.05) is 5.32 Å². The number of carbonyl (C=O) groups excluding carboxylic acids is 1. The number of phenolic OH excluding ortho intramolecular Hbond substituents is 1. The lowest BCUT2D eigenvalue weighted by Gasteiger charge is -2.09. The van der Waals surface area contributed by atoms with Gasteiger partial charge in [-0.25, -0.2) is 4.98 Å². The number of hydrogen-bond acceptors (Lipinski definition) is 4. The van der Waals surface area contributed by atoms with Crippen LogP contribution in [0.15, 0.2) is 59.0 Å². The summed E-state index contributed by atoms with van der Waals surface area (Å²) in [6.45, 7) is 5.85. The smallest absolute Gasteiger partial charge is 0.255 e. The molecule has 0 unspecified atom stereocenters. The Balaban J connectivity index is 1.71. The van der Waals surface area contributed by atoms with E-state index in [0.29, 0.717) is 28.3 Å². The van der Waals surface area contributed by atoms with E-state index in [2.05, 4.69) is 10.3 Å². The maximum absolute atomic E-state index is 12.6. The predicted molar refractivity (Wildman–Crippen MR) is 110 cm³/mol. The predicted octanol–water partition coefficient (Wildman–Crippen LogP) is 5.38. The Bertz CT molecular complexity index is 1210. The third-order valence-electron chi connectivity index (χ3n) is 4.69. The monoisotopic (exact) mass is 372 g/mol. The van der Waals surface area contributed by atoms with Gasteiger partial charge in [0.05, 0.1) is 5.56 Å². The molecule has 2 N–H and O–H groups in total. The molecule has 0 saturated heterocycles. The van der Waals surface area contributed by atoms with E-state index in [1.807, 2.05) is 51.1 Å². The Morgan fingerprint density at radius 1 is 1.00 bits per heavy atom. The van der Waals surface area contributed by atoms with Gasteiger partial charge in [-0.15, -0.1) is 0 Å². The minimum absolute atomic E-state index is 0.0369. The van der Waals surface area contributed by atoms with Crippen molar-refractivity contribution in [3.05, 3.63) is 76.9 Å². The number of aromatic hydroxyl groups is 1. The van der Waals surface area contributed by atoms with Crippen molar-refractivity contribution in [1.29, 1.82) is 0 Å². The second-order valence-corrected chi connectivity index (χ2v) is 6.95. The molecule has 0 bridgehead atoms. The molecule has 5 heteroatoms. The highest BCUT2D eigenvalue weighted by Crippen LogP contribution is 2.34. The molecular weight excluding hydrogens is 352 g/mol. The van der Waals surface area contributed by atoms with Gasteiger partial charge in [-0.2, -0.15) is 0 Å². The van der Waals surface area contributed by atoms with Crippen LogP contribution in [0.25, 0.3) is 22.6 Å². The van der Waals surface area contributed by atoms with Gasteiger partial charge in [0, 0.05) is 11.3 Å². The fraction of sp³-hybridized carbons (Fsp3) is 0.130. The van der Waals surface area contributed by atoms with Gasteiger partial charge in [0.15, 0.2) is 5.58 Å². The second kappa shape index (κ2) is 6.85. The number of fused-ring (bicyclic) bond motifs is 1. The van der Waals surface area contributed by atoms with Gasteiger partial charge in [-0.05, 0) is 67.8 Å². The van der Waals surface area contributed by atoms with Crippen molar-refractivity contribution >= 4 is 22.7 Å². The van der Waals surface area contributed by atoms with Gasteiger partial charge < -0.3 is 14.8 Å². The van der Waals surface area contributed by atoms with Crippen LogP contribution < -0.4 is 5.32 Å². The zero-order valence-electron chi connectivity index (χ0n) is 15.9. The van der Waals surface area contributed by atoms with E-state index in [1.165, 1.54) is 6.07 Å². The number of anilines is 1. The molecule has 1 amide bonds. The molecule has 28 heavy (non-hydrogen) atoms. The highest BCUT2D eigenvalue weighted by molar-refractivity contribution is 6.05. The molecule has 1 heterocycles. The molecule has 0 spiro atoms. The summed E-state index contributed by atoms with van der Waals surface area (Å²) in [7, 11) is 0. The van der Waals surface area contributed by atoms with Crippen LogP contribution in [0.3, 0.4) is 0 Å². The number of aryl methyl sites for hydroxylation is 3. The number of rotatable bonds is 3. The molecule has 0 aliphatic rings. The summed E-state index contributed by atoms with van der Waals surface area (Å²) in [5.41, 5.74) is 5.97. The van der Waals surface area contributed by atoms with Crippen molar-refractivity contribution in [3.8, 4) is 17.2 Å². The third kappa shape index (κ3) is 3.22. The molecule has 140 valence electrons. The van der Waals surface area contributed by atoms with Crippen LogP contribution in [0.1, 0.15) is 27.0 Å². The molecule has 4 rings (SSSR count). The first-order valence-electron chi connectivity index (χ1n) is 9.00. The van der Waals surface area contributed by atoms with Crippen molar-refractivity contribution in [3.63, 3.8) is 0 Å². The van der Waals surface area contributed by atoms with Crippen LogP contribution in [0.5, 0.6) is 5.75 Å². The van der Waals surface area contributed by atoms with E-state index in [9.17, 15) is 9.90 Å². The quantitative estimate of drug-likeness (QED) is 0.474. The molecule has 4 aromatic rings. The Morgan fingerprint density at radius 3 is 2.57 bits per heavy atom. The van der Waals surface area contributed by atoms with E-state index in [0.717, 1.165) is 22.2 Å². The molecule has 0 atom stereocenters. The number of phenols is 1. The van der Waals surface area contributed by atoms with Crippen LogP contribution >= 0.6 is 0 Å². The van der Waals surface area contributed by atoms with Crippen LogP contribution in [-0.2, 0) is 0 Å². The van der Waals surface area contributed by atoms with E-state index >= 15 is 0 Å². The maximum atomic E-state index is 12.6. The Hall–Kier alpha value is -3.60. The average Bonchev–Trinajstić information content (AvgIpc) is 3.07. The molecule has 0 fully saturated rings. The van der Waals surface area contributed by atoms with Gasteiger partial charge in [0.1, 0.15) is 11.3 Å². The summed E-state index contributed by atoms with van der Waals surface area (Å²) in [5.74, 6) is 0.141. The lowest BCUT2D eigenvalue weighted by Crippen LogP contribution is -2.13. The standard InChI is InChI=1S/C23H20N2O3/c1-13-10-15(3)21-19(11-13)25-23(28-21)18-12-16(8-9-20(18)26)24-22(27)17-7-5-4-6-14(17)2/h4-12,26H,1-3H3,(H,24,27). The largest absolute Gasteiger partial charge is 0.507 e. The van der Waals surface area contributed by atoms with Gasteiger partial charge >= 0.3 is 0 Å². The third-order valence-corrected chi connectivity index (χ3v) is 4.69. The minimum Gasteiger partial charge on any atom is -0.507 e. The Morgan fingerprint density at radius 2 is 1.79 bits per heavy atom. The number of benzene rings is 3. The van der Waals surface area contributed by atoms with Crippen LogP contribution in [0.4, 0.5) is 5.69 Å². The van der Waals surface area contributed by atoms with E-state index in [1.54, 1.807) is 18.2 Å². The summed E-state index contributed by atoms with van der Waals surface area (Å²) in [4.78, 5) is 17.1. The van der Waals surface area contributed by atoms with Gasteiger partial charge in [-0.1, -0.05) is 24.3 Å². The number of hydrogen-bond donors (Lipinski definition) is 2. The summed E-state index contributed by atoms with van der Waals surface area (Å²) < 4.78 is 5.90. The van der Waals surface area contributed by atoms with Crippen LogP contribution in [0.2, 0.25) is 0 Å². The number of nitrogens with one attached hydrogen (secondary N) is 1. The molecule has 3 aromatic carbocycles. The highest BCUT2D eigenvalue weighted by atomic mass is 16.3. The lowest BCUT2D eigenvalue weighted by molar-refractivity contribution is 0.102. The van der Waals surface area contributed by atoms with Crippen LogP contribution in [0, 0.1) is 20.8 Å². The molecule has 0 aliphatic carbocycles. The van der Waals surface area contributed by atoms with Gasteiger partial charge in [-0.3, -0.25) is 4.79 Å². The summed E-state index contributed by atoms with van der Waals surface area (Å²) in [5, 5.41) is 13.2. The SMILES string of the molecule is Cc1cc(C)c2oc(-c3cc(NC(=O)c4ccccc4C)ccc3O)nc2c1. The molecule has 0 radical (unpaired) electrons. The molecular formula is C23H20N2O3. The summed E-state index contributed by atoms with van der Waals surface area (Å²) >= 11 is 0. The molecule has 0 saturated carbocycles. The number of aromatic nitrogens is 1. The highest BCUT2D eigenvalue weighted by Gasteiger charge is 2.16. The maximum Gasteiger partial charge on any atom is 0.255 e. The zero-order chi connectivity index (χ0) is 19.8. The first-order valence-corrected chi connectivity index (χ1v) is 9.00. The molecule has 0 aliphatic heterocycles. The second-order valence-electron chi connectivity index (χ2n) is 6.95. The summed E-state index contributed by atoms with van der Waals surface area (Å²) in [6, 6.07) is 16.2. The lowest BCUT2D eigenvalue weighted by atomic mass is 10.1. The fourth-order valence-electron chi connectivity index (χ4n) is 3.30. The van der Waals surface area contributed by atoms with Crippen molar-refractivity contribution in [2.45, 2.75) is 20.8 Å². The van der Waals surface area contributed by atoms with Gasteiger partial charge in [0.25, 0.3) is 5.91 Å². The topological polar surface area (TPSA) is 75.4 Å². The number of oxazole rings is 1. The van der Waals surface area contributed by atoms with Crippen LogP contribution in [-0.4, -0.2) is 16.0 Å². The first-order chi connectivity index (χ1) is 13.4. The zero-order valence-corrected chi connectivity index (χ0v) is 15.9. The number of carbonyl (C=O) groups is 1. The summed E-state index contributed by atoms with van der Waals surface area (Å²) in [6.07, 6.45) is 0. The molecule has 5 nitrogen and oxygen atoms in total. The fourth-order valence-corrected chi connectivity index (χ4v) is 3.30. The minimum atomic E-state index is -0.209.